The molecule has 0 bridgehead atoms. The summed E-state index contributed by atoms with van der Waals surface area (Å²) in [5.74, 6) is -0.127. The van der Waals surface area contributed by atoms with E-state index in [-0.39, 0.29) is 28.2 Å². The summed E-state index contributed by atoms with van der Waals surface area (Å²) in [5.41, 5.74) is 1.36. The highest BCUT2D eigenvalue weighted by molar-refractivity contribution is 7.92. The van der Waals surface area contributed by atoms with Gasteiger partial charge in [-0.1, -0.05) is 65.7 Å². The molecule has 0 unspecified atom stereocenters. The summed E-state index contributed by atoms with van der Waals surface area (Å²) in [7, 11) is -3.87. The van der Waals surface area contributed by atoms with E-state index in [4.69, 9.17) is 27.9 Å². The number of hydrogen-bond acceptors (Lipinski definition) is 4. The lowest BCUT2D eigenvalue weighted by Gasteiger charge is -2.12. The number of rotatable bonds is 8. The Hall–Kier alpha value is -3.26. The van der Waals surface area contributed by atoms with E-state index in [0.29, 0.717) is 17.3 Å². The van der Waals surface area contributed by atoms with Crippen LogP contribution in [0.5, 0.6) is 5.75 Å². The summed E-state index contributed by atoms with van der Waals surface area (Å²) in [6.07, 6.45) is 0. The van der Waals surface area contributed by atoms with Gasteiger partial charge >= 0.3 is 0 Å². The second kappa shape index (κ2) is 10.3. The maximum atomic E-state index is 12.6. The van der Waals surface area contributed by atoms with Crippen LogP contribution in [0.4, 0.5) is 5.69 Å². The Kier molecular flexibility index (Phi) is 7.26. The SMILES string of the molecule is O=C(COc1ccc(S(=O)(=O)Nc2ccc(Cl)cc2)cc1Cl)NCc1cccc2ccccc12. The minimum absolute atomic E-state index is 0.0415. The highest BCUT2D eigenvalue weighted by Crippen LogP contribution is 2.28. The first-order valence-corrected chi connectivity index (χ1v) is 12.5. The molecular formula is C25H20Cl2N2O4S. The zero-order valence-corrected chi connectivity index (χ0v) is 20.1. The molecule has 4 aromatic rings. The lowest BCUT2D eigenvalue weighted by molar-refractivity contribution is -0.123. The van der Waals surface area contributed by atoms with Crippen LogP contribution in [0.2, 0.25) is 10.0 Å². The summed E-state index contributed by atoms with van der Waals surface area (Å²) in [6, 6.07) is 24.1. The zero-order chi connectivity index (χ0) is 24.1. The van der Waals surface area contributed by atoms with Crippen LogP contribution < -0.4 is 14.8 Å². The fraction of sp³-hybridized carbons (Fsp3) is 0.0800. The van der Waals surface area contributed by atoms with Gasteiger partial charge in [0.05, 0.1) is 9.92 Å². The van der Waals surface area contributed by atoms with Crippen molar-refractivity contribution in [2.75, 3.05) is 11.3 Å². The van der Waals surface area contributed by atoms with Crippen LogP contribution >= 0.6 is 23.2 Å². The number of ether oxygens (including phenoxy) is 1. The first-order valence-electron chi connectivity index (χ1n) is 10.3. The van der Waals surface area contributed by atoms with Crippen molar-refractivity contribution < 1.29 is 17.9 Å². The minimum atomic E-state index is -3.87. The highest BCUT2D eigenvalue weighted by atomic mass is 35.5. The average molecular weight is 515 g/mol. The van der Waals surface area contributed by atoms with E-state index in [1.807, 2.05) is 42.5 Å². The number of carbonyl (C=O) groups is 1. The van der Waals surface area contributed by atoms with Crippen molar-refractivity contribution >= 4 is 55.6 Å². The van der Waals surface area contributed by atoms with E-state index in [1.165, 1.54) is 18.2 Å². The minimum Gasteiger partial charge on any atom is -0.482 e. The second-order valence-electron chi connectivity index (χ2n) is 7.41. The van der Waals surface area contributed by atoms with E-state index >= 15 is 0 Å². The van der Waals surface area contributed by atoms with Gasteiger partial charge in [0.15, 0.2) is 6.61 Å². The van der Waals surface area contributed by atoms with Crippen molar-refractivity contribution in [3.05, 3.63) is 101 Å². The van der Waals surface area contributed by atoms with Gasteiger partial charge in [-0.3, -0.25) is 9.52 Å². The average Bonchev–Trinajstić information content (AvgIpc) is 2.83. The topological polar surface area (TPSA) is 84.5 Å². The molecule has 9 heteroatoms. The van der Waals surface area contributed by atoms with Crippen LogP contribution in [0.25, 0.3) is 10.8 Å². The van der Waals surface area contributed by atoms with E-state index < -0.39 is 10.0 Å². The van der Waals surface area contributed by atoms with Gasteiger partial charge in [0.1, 0.15) is 5.75 Å². The molecular weight excluding hydrogens is 495 g/mol. The monoisotopic (exact) mass is 514 g/mol. The van der Waals surface area contributed by atoms with Gasteiger partial charge < -0.3 is 10.1 Å². The first-order chi connectivity index (χ1) is 16.3. The Labute approximate surface area is 207 Å². The van der Waals surface area contributed by atoms with E-state index in [2.05, 4.69) is 10.0 Å². The largest absolute Gasteiger partial charge is 0.482 e. The van der Waals surface area contributed by atoms with Crippen LogP contribution in [-0.4, -0.2) is 20.9 Å². The molecule has 34 heavy (non-hydrogen) atoms. The lowest BCUT2D eigenvalue weighted by Crippen LogP contribution is -2.28. The number of amides is 1. The Morgan fingerprint density at radius 1 is 0.882 bits per heavy atom. The Morgan fingerprint density at radius 3 is 2.38 bits per heavy atom. The molecule has 0 spiro atoms. The molecule has 4 aromatic carbocycles. The number of nitrogens with one attached hydrogen (secondary N) is 2. The molecule has 0 aliphatic rings. The molecule has 0 saturated carbocycles. The number of anilines is 1. The number of carbonyl (C=O) groups excluding carboxylic acids is 1. The van der Waals surface area contributed by atoms with Crippen molar-refractivity contribution in [2.45, 2.75) is 11.4 Å². The fourth-order valence-corrected chi connectivity index (χ4v) is 4.84. The Balaban J connectivity index is 1.36. The van der Waals surface area contributed by atoms with E-state index in [9.17, 15) is 13.2 Å². The number of sulfonamides is 1. The Bertz CT molecular complexity index is 1440. The van der Waals surface area contributed by atoms with Crippen molar-refractivity contribution in [1.82, 2.24) is 5.32 Å². The third-order valence-electron chi connectivity index (χ3n) is 5.02. The predicted molar refractivity (Wildman–Crippen MR) is 135 cm³/mol. The molecule has 0 fully saturated rings. The van der Waals surface area contributed by atoms with Crippen molar-refractivity contribution in [3.63, 3.8) is 0 Å². The maximum absolute atomic E-state index is 12.6. The Morgan fingerprint density at radius 2 is 1.62 bits per heavy atom. The predicted octanol–water partition coefficient (Wildman–Crippen LogP) is 5.64. The standard InChI is InChI=1S/C25H20Cl2N2O4S/c26-19-8-10-20(11-9-19)29-34(31,32)21-12-13-24(23(27)14-21)33-16-25(30)28-15-18-6-3-5-17-4-1-2-7-22(17)18/h1-14,29H,15-16H2,(H,28,30). The lowest BCUT2D eigenvalue weighted by atomic mass is 10.0. The molecule has 0 aromatic heterocycles. The number of hydrogen-bond donors (Lipinski definition) is 2. The van der Waals surface area contributed by atoms with Gasteiger partial charge in [0.25, 0.3) is 15.9 Å². The normalized spacial score (nSPS) is 11.2. The third kappa shape index (κ3) is 5.80. The molecule has 4 rings (SSSR count). The van der Waals surface area contributed by atoms with E-state index in [0.717, 1.165) is 16.3 Å². The van der Waals surface area contributed by atoms with Gasteiger partial charge in [-0.15, -0.1) is 0 Å². The van der Waals surface area contributed by atoms with Crippen LogP contribution in [0.1, 0.15) is 5.56 Å². The number of fused-ring (bicyclic) bond motifs is 1. The first kappa shape index (κ1) is 23.9. The van der Waals surface area contributed by atoms with Gasteiger partial charge in [-0.25, -0.2) is 8.42 Å². The van der Waals surface area contributed by atoms with Gasteiger partial charge in [-0.05, 0) is 58.8 Å². The van der Waals surface area contributed by atoms with Crippen molar-refractivity contribution in [2.24, 2.45) is 0 Å². The molecule has 0 radical (unpaired) electrons. The number of halogens is 2. The van der Waals surface area contributed by atoms with Crippen LogP contribution in [0, 0.1) is 0 Å². The van der Waals surface area contributed by atoms with Gasteiger partial charge in [0.2, 0.25) is 0 Å². The maximum Gasteiger partial charge on any atom is 0.261 e. The van der Waals surface area contributed by atoms with Gasteiger partial charge in [0, 0.05) is 17.3 Å². The quantitative estimate of drug-likeness (QED) is 0.318. The molecule has 0 aliphatic carbocycles. The third-order valence-corrected chi connectivity index (χ3v) is 6.95. The van der Waals surface area contributed by atoms with Crippen molar-refractivity contribution in [3.8, 4) is 5.75 Å². The zero-order valence-electron chi connectivity index (χ0n) is 17.8. The second-order valence-corrected chi connectivity index (χ2v) is 9.93. The molecule has 0 saturated heterocycles. The summed E-state index contributed by atoms with van der Waals surface area (Å²) >= 11 is 12.0. The fourth-order valence-electron chi connectivity index (χ4n) is 3.33. The molecule has 2 N–H and O–H groups in total. The van der Waals surface area contributed by atoms with Crippen LogP contribution in [-0.2, 0) is 21.4 Å². The van der Waals surface area contributed by atoms with Crippen LogP contribution in [0.15, 0.2) is 89.8 Å². The van der Waals surface area contributed by atoms with Crippen molar-refractivity contribution in [1.29, 1.82) is 0 Å². The summed E-state index contributed by atoms with van der Waals surface area (Å²) < 4.78 is 33.2. The molecule has 0 aliphatic heterocycles. The summed E-state index contributed by atoms with van der Waals surface area (Å²) in [6.45, 7) is 0.0877. The number of benzene rings is 4. The molecule has 0 heterocycles. The van der Waals surface area contributed by atoms with Crippen LogP contribution in [0.3, 0.4) is 0 Å². The molecule has 1 amide bonds. The molecule has 174 valence electrons. The summed E-state index contributed by atoms with van der Waals surface area (Å²) in [4.78, 5) is 12.3. The highest BCUT2D eigenvalue weighted by Gasteiger charge is 2.17. The summed E-state index contributed by atoms with van der Waals surface area (Å²) in [5, 5.41) is 5.55. The smallest absolute Gasteiger partial charge is 0.261 e. The molecule has 0 atom stereocenters. The van der Waals surface area contributed by atoms with E-state index in [1.54, 1.807) is 24.3 Å². The molecule has 6 nitrogen and oxygen atoms in total. The van der Waals surface area contributed by atoms with Gasteiger partial charge in [-0.2, -0.15) is 0 Å².